The molecular weight excluding hydrogens is 342 g/mol. The van der Waals surface area contributed by atoms with E-state index in [1.54, 1.807) is 31.4 Å². The summed E-state index contributed by atoms with van der Waals surface area (Å²) in [5.74, 6) is 0.318. The molecule has 3 aromatic rings. The number of fused-ring (bicyclic) bond motifs is 1. The van der Waals surface area contributed by atoms with Gasteiger partial charge in [-0.15, -0.1) is 0 Å². The lowest BCUT2D eigenvalue weighted by Gasteiger charge is -2.21. The Morgan fingerprint density at radius 2 is 1.85 bits per heavy atom. The first-order valence-electron chi connectivity index (χ1n) is 8.82. The van der Waals surface area contributed by atoms with Crippen molar-refractivity contribution in [3.05, 3.63) is 60.3 Å². The molecular formula is C21H23N3O3. The Balaban J connectivity index is 1.57. The number of methoxy groups -OCH3 is 1. The molecule has 6 heteroatoms. The number of para-hydroxylation sites is 1. The van der Waals surface area contributed by atoms with Gasteiger partial charge in [-0.2, -0.15) is 0 Å². The van der Waals surface area contributed by atoms with Gasteiger partial charge in [-0.25, -0.2) is 0 Å². The molecule has 2 N–H and O–H groups in total. The van der Waals surface area contributed by atoms with Crippen LogP contribution in [0.15, 0.2) is 54.7 Å². The van der Waals surface area contributed by atoms with Gasteiger partial charge >= 0.3 is 0 Å². The molecule has 0 saturated heterocycles. The maximum absolute atomic E-state index is 12.3. The molecule has 0 saturated carbocycles. The quantitative estimate of drug-likeness (QED) is 0.676. The molecule has 0 atom stereocenters. The molecule has 0 unspecified atom stereocenters. The van der Waals surface area contributed by atoms with E-state index in [0.717, 1.165) is 22.9 Å². The van der Waals surface area contributed by atoms with Crippen molar-refractivity contribution in [3.63, 3.8) is 0 Å². The number of rotatable bonds is 7. The average molecular weight is 365 g/mol. The number of carbonyl (C=O) groups excluding carboxylic acids is 2. The Labute approximate surface area is 158 Å². The minimum absolute atomic E-state index is 0.0183. The van der Waals surface area contributed by atoms with Crippen LogP contribution in [0.1, 0.15) is 12.5 Å². The second-order valence-corrected chi connectivity index (χ2v) is 6.26. The Morgan fingerprint density at radius 3 is 2.56 bits per heavy atom. The van der Waals surface area contributed by atoms with E-state index in [1.165, 1.54) is 11.8 Å². The number of nitrogens with one attached hydrogen (secondary N) is 2. The number of anilines is 1. The summed E-state index contributed by atoms with van der Waals surface area (Å²) in [5.41, 5.74) is 2.90. The molecule has 1 aromatic heterocycles. The van der Waals surface area contributed by atoms with Gasteiger partial charge in [0, 0.05) is 36.3 Å². The number of ether oxygens (including phenoxy) is 1. The lowest BCUT2D eigenvalue weighted by molar-refractivity contribution is -0.123. The van der Waals surface area contributed by atoms with Gasteiger partial charge in [-0.05, 0) is 42.3 Å². The predicted octanol–water partition coefficient (Wildman–Crippen LogP) is 2.89. The van der Waals surface area contributed by atoms with Crippen LogP contribution in [0.5, 0.6) is 5.75 Å². The molecule has 1 heterocycles. The maximum atomic E-state index is 12.3. The Kier molecular flexibility index (Phi) is 5.76. The first kappa shape index (κ1) is 18.5. The van der Waals surface area contributed by atoms with E-state index in [1.807, 2.05) is 24.4 Å². The van der Waals surface area contributed by atoms with Crippen LogP contribution < -0.4 is 15.0 Å². The van der Waals surface area contributed by atoms with Crippen molar-refractivity contribution in [3.8, 4) is 5.75 Å². The zero-order chi connectivity index (χ0) is 19.2. The number of aromatic amines is 1. The summed E-state index contributed by atoms with van der Waals surface area (Å²) in [5, 5.41) is 4.05. The second-order valence-electron chi connectivity index (χ2n) is 6.26. The lowest BCUT2D eigenvalue weighted by Crippen LogP contribution is -2.40. The summed E-state index contributed by atoms with van der Waals surface area (Å²) in [6.45, 7) is 1.94. The predicted molar refractivity (Wildman–Crippen MR) is 106 cm³/mol. The van der Waals surface area contributed by atoms with Crippen LogP contribution >= 0.6 is 0 Å². The largest absolute Gasteiger partial charge is 0.497 e. The number of hydrogen-bond donors (Lipinski definition) is 2. The van der Waals surface area contributed by atoms with Gasteiger partial charge in [0.15, 0.2) is 0 Å². The molecule has 0 fully saturated rings. The number of H-pyrrole nitrogens is 1. The van der Waals surface area contributed by atoms with Crippen molar-refractivity contribution in [2.75, 3.05) is 25.1 Å². The molecule has 6 nitrogen and oxygen atoms in total. The molecule has 2 aromatic carbocycles. The first-order valence-corrected chi connectivity index (χ1v) is 8.82. The van der Waals surface area contributed by atoms with Gasteiger partial charge in [-0.3, -0.25) is 9.59 Å². The van der Waals surface area contributed by atoms with E-state index in [9.17, 15) is 9.59 Å². The highest BCUT2D eigenvalue weighted by molar-refractivity contribution is 5.97. The standard InChI is InChI=1S/C21H23N3O3/c1-15(25)24(17-7-9-18(27-2)10-8-17)14-21(26)22-12-11-16-13-23-20-6-4-3-5-19(16)20/h3-10,13,23H,11-12,14H2,1-2H3,(H,22,26). The first-order chi connectivity index (χ1) is 13.1. The fraction of sp³-hybridized carbons (Fsp3) is 0.238. The SMILES string of the molecule is COc1ccc(N(CC(=O)NCCc2c[nH]c3ccccc23)C(C)=O)cc1. The van der Waals surface area contributed by atoms with Gasteiger partial charge < -0.3 is 19.9 Å². The topological polar surface area (TPSA) is 74.4 Å². The van der Waals surface area contributed by atoms with Gasteiger partial charge in [0.2, 0.25) is 11.8 Å². The highest BCUT2D eigenvalue weighted by Crippen LogP contribution is 2.19. The Morgan fingerprint density at radius 1 is 1.11 bits per heavy atom. The second kappa shape index (κ2) is 8.40. The normalized spacial score (nSPS) is 10.6. The summed E-state index contributed by atoms with van der Waals surface area (Å²) >= 11 is 0. The molecule has 0 radical (unpaired) electrons. The van der Waals surface area contributed by atoms with Crippen LogP contribution in [0, 0.1) is 0 Å². The van der Waals surface area contributed by atoms with Crippen molar-refractivity contribution >= 4 is 28.4 Å². The van der Waals surface area contributed by atoms with E-state index in [-0.39, 0.29) is 18.4 Å². The third kappa shape index (κ3) is 4.47. The number of amides is 2. The van der Waals surface area contributed by atoms with E-state index in [4.69, 9.17) is 4.74 Å². The molecule has 0 aliphatic heterocycles. The van der Waals surface area contributed by atoms with E-state index < -0.39 is 0 Å². The third-order valence-electron chi connectivity index (χ3n) is 4.46. The van der Waals surface area contributed by atoms with Gasteiger partial charge in [-0.1, -0.05) is 18.2 Å². The minimum atomic E-state index is -0.194. The molecule has 3 rings (SSSR count). The van der Waals surface area contributed by atoms with Crippen LogP contribution in [-0.2, 0) is 16.0 Å². The summed E-state index contributed by atoms with van der Waals surface area (Å²) in [6.07, 6.45) is 2.69. The summed E-state index contributed by atoms with van der Waals surface area (Å²) in [4.78, 5) is 28.9. The molecule has 2 amide bonds. The highest BCUT2D eigenvalue weighted by Gasteiger charge is 2.15. The van der Waals surface area contributed by atoms with E-state index in [0.29, 0.717) is 18.0 Å². The molecule has 0 spiro atoms. The zero-order valence-corrected chi connectivity index (χ0v) is 15.5. The number of nitrogens with zero attached hydrogens (tertiary/aromatic N) is 1. The Hall–Kier alpha value is -3.28. The molecule has 140 valence electrons. The van der Waals surface area contributed by atoms with Crippen molar-refractivity contribution in [2.24, 2.45) is 0 Å². The number of hydrogen-bond acceptors (Lipinski definition) is 3. The number of carbonyl (C=O) groups is 2. The minimum Gasteiger partial charge on any atom is -0.497 e. The highest BCUT2D eigenvalue weighted by atomic mass is 16.5. The maximum Gasteiger partial charge on any atom is 0.240 e. The van der Waals surface area contributed by atoms with Crippen molar-refractivity contribution in [1.29, 1.82) is 0 Å². The number of benzene rings is 2. The Bertz CT molecular complexity index is 931. The lowest BCUT2D eigenvalue weighted by atomic mass is 10.1. The molecule has 27 heavy (non-hydrogen) atoms. The number of aromatic nitrogens is 1. The van der Waals surface area contributed by atoms with Crippen LogP contribution in [0.25, 0.3) is 10.9 Å². The smallest absolute Gasteiger partial charge is 0.240 e. The van der Waals surface area contributed by atoms with Gasteiger partial charge in [0.05, 0.1) is 7.11 Å². The van der Waals surface area contributed by atoms with Crippen molar-refractivity contribution < 1.29 is 14.3 Å². The van der Waals surface area contributed by atoms with Crippen LogP contribution in [0.4, 0.5) is 5.69 Å². The summed E-state index contributed by atoms with van der Waals surface area (Å²) in [6, 6.07) is 15.1. The van der Waals surface area contributed by atoms with Gasteiger partial charge in [0.25, 0.3) is 0 Å². The molecule has 0 bridgehead atoms. The van der Waals surface area contributed by atoms with Crippen LogP contribution in [0.3, 0.4) is 0 Å². The van der Waals surface area contributed by atoms with E-state index in [2.05, 4.69) is 16.4 Å². The fourth-order valence-electron chi connectivity index (χ4n) is 3.02. The van der Waals surface area contributed by atoms with Gasteiger partial charge in [0.1, 0.15) is 12.3 Å². The molecule has 0 aliphatic carbocycles. The molecule has 0 aliphatic rings. The monoisotopic (exact) mass is 365 g/mol. The summed E-state index contributed by atoms with van der Waals surface area (Å²) in [7, 11) is 1.58. The zero-order valence-electron chi connectivity index (χ0n) is 15.5. The fourth-order valence-corrected chi connectivity index (χ4v) is 3.02. The van der Waals surface area contributed by atoms with E-state index >= 15 is 0 Å². The summed E-state index contributed by atoms with van der Waals surface area (Å²) < 4.78 is 5.12. The average Bonchev–Trinajstić information content (AvgIpc) is 3.09. The van der Waals surface area contributed by atoms with Crippen molar-refractivity contribution in [1.82, 2.24) is 10.3 Å². The van der Waals surface area contributed by atoms with Crippen LogP contribution in [0.2, 0.25) is 0 Å². The van der Waals surface area contributed by atoms with Crippen LogP contribution in [-0.4, -0.2) is 37.0 Å². The third-order valence-corrected chi connectivity index (χ3v) is 4.46. The van der Waals surface area contributed by atoms with Crippen molar-refractivity contribution in [2.45, 2.75) is 13.3 Å².